The van der Waals surface area contributed by atoms with E-state index in [0.29, 0.717) is 0 Å². The number of nitrogens with zero attached hydrogens (tertiary/aromatic N) is 1. The summed E-state index contributed by atoms with van der Waals surface area (Å²) in [5.41, 5.74) is 12.2. The third kappa shape index (κ3) is 4.43. The van der Waals surface area contributed by atoms with Crippen LogP contribution < -0.4 is 4.90 Å². The Bertz CT molecular complexity index is 3250. The van der Waals surface area contributed by atoms with Crippen molar-refractivity contribution in [3.8, 4) is 11.1 Å². The second-order valence-electron chi connectivity index (χ2n) is 14.8. The van der Waals surface area contributed by atoms with Crippen molar-refractivity contribution >= 4 is 81.3 Å². The van der Waals surface area contributed by atoms with Gasteiger partial charge in [-0.1, -0.05) is 146 Å². The zero-order chi connectivity index (χ0) is 36.8. The summed E-state index contributed by atoms with van der Waals surface area (Å²) in [6.07, 6.45) is 0. The maximum absolute atomic E-state index is 6.38. The molecule has 12 rings (SSSR count). The number of rotatable bonds is 6. The SMILES string of the molecule is c1ccc(C2(c3cccc(-c4ccc(N(c5ccc6c(c5)sc5ccccc56)c5cccc6ccccc56)cc4)c3)c3cccc4oc5cccc2c5c34)cc1. The molecular formula is C53H33NOS. The summed E-state index contributed by atoms with van der Waals surface area (Å²) in [5, 5.41) is 7.50. The fourth-order valence-corrected chi connectivity index (χ4v) is 10.7. The topological polar surface area (TPSA) is 16.4 Å². The molecule has 0 spiro atoms. The summed E-state index contributed by atoms with van der Waals surface area (Å²) in [5.74, 6) is 0. The zero-order valence-corrected chi connectivity index (χ0v) is 31.1. The van der Waals surface area contributed by atoms with E-state index >= 15 is 0 Å². The van der Waals surface area contributed by atoms with E-state index in [1.165, 1.54) is 75.1 Å². The molecule has 3 heteroatoms. The third-order valence-electron chi connectivity index (χ3n) is 11.9. The Kier molecular flexibility index (Phi) is 6.75. The molecule has 0 bridgehead atoms. The predicted molar refractivity (Wildman–Crippen MR) is 236 cm³/mol. The first kappa shape index (κ1) is 31.4. The lowest BCUT2D eigenvalue weighted by Crippen LogP contribution is -2.28. The molecule has 0 atom stereocenters. The molecule has 9 aromatic carbocycles. The molecule has 0 unspecified atom stereocenters. The molecule has 1 aliphatic rings. The van der Waals surface area contributed by atoms with Crippen molar-refractivity contribution < 1.29 is 4.42 Å². The van der Waals surface area contributed by atoms with Crippen molar-refractivity contribution in [2.75, 3.05) is 4.90 Å². The Balaban J connectivity index is 1.01. The number of furan rings is 1. The number of hydrogen-bond donors (Lipinski definition) is 0. The van der Waals surface area contributed by atoms with E-state index in [1.807, 2.05) is 11.3 Å². The van der Waals surface area contributed by atoms with Crippen LogP contribution in [0.3, 0.4) is 0 Å². The molecule has 0 aliphatic heterocycles. The van der Waals surface area contributed by atoms with Crippen LogP contribution in [0.2, 0.25) is 0 Å². The van der Waals surface area contributed by atoms with E-state index in [1.54, 1.807) is 0 Å². The molecule has 2 heterocycles. The summed E-state index contributed by atoms with van der Waals surface area (Å²) in [4.78, 5) is 2.42. The molecule has 0 saturated carbocycles. The Morgan fingerprint density at radius 1 is 0.411 bits per heavy atom. The monoisotopic (exact) mass is 731 g/mol. The van der Waals surface area contributed by atoms with E-state index in [4.69, 9.17) is 4.42 Å². The summed E-state index contributed by atoms with van der Waals surface area (Å²) in [7, 11) is 0. The molecule has 2 aromatic heterocycles. The minimum atomic E-state index is -0.478. The van der Waals surface area contributed by atoms with Crippen LogP contribution >= 0.6 is 11.3 Å². The Morgan fingerprint density at radius 2 is 1.04 bits per heavy atom. The lowest BCUT2D eigenvalue weighted by Gasteiger charge is -2.34. The van der Waals surface area contributed by atoms with Crippen molar-refractivity contribution in [3.05, 3.63) is 222 Å². The summed E-state index contributed by atoms with van der Waals surface area (Å²) in [6.45, 7) is 0. The second kappa shape index (κ2) is 12.0. The highest BCUT2D eigenvalue weighted by atomic mass is 32.1. The number of hydrogen-bond acceptors (Lipinski definition) is 3. The molecule has 0 radical (unpaired) electrons. The molecule has 0 saturated heterocycles. The largest absolute Gasteiger partial charge is 0.456 e. The number of benzene rings is 9. The van der Waals surface area contributed by atoms with Crippen molar-refractivity contribution in [2.24, 2.45) is 0 Å². The first-order chi connectivity index (χ1) is 27.8. The van der Waals surface area contributed by atoms with Gasteiger partial charge in [-0.3, -0.25) is 0 Å². The number of fused-ring (bicyclic) bond motifs is 4. The minimum Gasteiger partial charge on any atom is -0.456 e. The van der Waals surface area contributed by atoms with Crippen molar-refractivity contribution in [1.29, 1.82) is 0 Å². The van der Waals surface area contributed by atoms with Gasteiger partial charge in [-0.2, -0.15) is 0 Å². The first-order valence-corrected chi connectivity index (χ1v) is 20.0. The third-order valence-corrected chi connectivity index (χ3v) is 13.1. The van der Waals surface area contributed by atoms with E-state index in [2.05, 4.69) is 205 Å². The molecule has 0 N–H and O–H groups in total. The molecule has 1 aliphatic carbocycles. The standard InChI is InChI=1S/C53H33NOS/c1-2-15-37(16-3-1)53(44-20-10-23-47-51(44)52-45(53)21-11-24-48(52)55-47)38-17-8-14-36(32-38)34-26-28-39(29-27-34)54(46-22-9-13-35-12-4-5-18-41(35)46)40-30-31-43-42-19-6-7-25-49(42)56-50(43)33-40/h1-33H. The van der Waals surface area contributed by atoms with Gasteiger partial charge >= 0.3 is 0 Å². The average Bonchev–Trinajstić information content (AvgIpc) is 3.94. The van der Waals surface area contributed by atoms with Gasteiger partial charge in [0.05, 0.1) is 11.1 Å². The van der Waals surface area contributed by atoms with Crippen LogP contribution in [-0.4, -0.2) is 0 Å². The average molecular weight is 732 g/mol. The fraction of sp³-hybridized carbons (Fsp3) is 0.0189. The highest BCUT2D eigenvalue weighted by Crippen LogP contribution is 2.57. The zero-order valence-electron chi connectivity index (χ0n) is 30.3. The lowest BCUT2D eigenvalue weighted by molar-refractivity contribution is 0.663. The van der Waals surface area contributed by atoms with Gasteiger partial charge in [0, 0.05) is 47.7 Å². The van der Waals surface area contributed by atoms with Gasteiger partial charge < -0.3 is 9.32 Å². The van der Waals surface area contributed by atoms with Crippen LogP contribution in [0.25, 0.3) is 64.0 Å². The van der Waals surface area contributed by atoms with E-state index in [0.717, 1.165) is 28.2 Å². The van der Waals surface area contributed by atoms with Crippen LogP contribution in [0.15, 0.2) is 205 Å². The lowest BCUT2D eigenvalue weighted by atomic mass is 9.67. The maximum atomic E-state index is 6.38. The molecule has 0 amide bonds. The van der Waals surface area contributed by atoms with Crippen LogP contribution in [0.1, 0.15) is 22.3 Å². The van der Waals surface area contributed by atoms with Gasteiger partial charge in [-0.15, -0.1) is 11.3 Å². The summed E-state index contributed by atoms with van der Waals surface area (Å²) < 4.78 is 8.98. The Morgan fingerprint density at radius 3 is 1.84 bits per heavy atom. The fourth-order valence-electron chi connectivity index (χ4n) is 9.53. The Labute approximate surface area is 328 Å². The second-order valence-corrected chi connectivity index (χ2v) is 15.9. The van der Waals surface area contributed by atoms with Crippen LogP contribution in [-0.2, 0) is 5.41 Å². The minimum absolute atomic E-state index is 0.478. The summed E-state index contributed by atoms with van der Waals surface area (Å²) in [6, 6.07) is 73.3. The highest BCUT2D eigenvalue weighted by Gasteiger charge is 2.46. The molecule has 56 heavy (non-hydrogen) atoms. The highest BCUT2D eigenvalue weighted by molar-refractivity contribution is 7.25. The van der Waals surface area contributed by atoms with Gasteiger partial charge in [0.25, 0.3) is 0 Å². The number of anilines is 3. The molecular weight excluding hydrogens is 699 g/mol. The quantitative estimate of drug-likeness (QED) is 0.169. The Hall–Kier alpha value is -6.94. The van der Waals surface area contributed by atoms with Gasteiger partial charge in [0.1, 0.15) is 11.2 Å². The normalized spacial score (nSPS) is 13.1. The van der Waals surface area contributed by atoms with Gasteiger partial charge in [-0.05, 0) is 93.4 Å². The smallest absolute Gasteiger partial charge is 0.135 e. The predicted octanol–water partition coefficient (Wildman–Crippen LogP) is 14.9. The molecule has 11 aromatic rings. The van der Waals surface area contributed by atoms with E-state index in [9.17, 15) is 0 Å². The van der Waals surface area contributed by atoms with Crippen LogP contribution in [0.4, 0.5) is 17.1 Å². The summed E-state index contributed by atoms with van der Waals surface area (Å²) >= 11 is 1.86. The molecule has 262 valence electrons. The van der Waals surface area contributed by atoms with Crippen LogP contribution in [0, 0.1) is 0 Å². The van der Waals surface area contributed by atoms with E-state index in [-0.39, 0.29) is 0 Å². The maximum Gasteiger partial charge on any atom is 0.135 e. The van der Waals surface area contributed by atoms with Crippen molar-refractivity contribution in [2.45, 2.75) is 5.41 Å². The van der Waals surface area contributed by atoms with Gasteiger partial charge in [0.2, 0.25) is 0 Å². The van der Waals surface area contributed by atoms with Crippen molar-refractivity contribution in [3.63, 3.8) is 0 Å². The number of thiophene rings is 1. The van der Waals surface area contributed by atoms with Crippen molar-refractivity contribution in [1.82, 2.24) is 0 Å². The van der Waals surface area contributed by atoms with E-state index < -0.39 is 5.41 Å². The van der Waals surface area contributed by atoms with Gasteiger partial charge in [0.15, 0.2) is 0 Å². The molecule has 0 fully saturated rings. The van der Waals surface area contributed by atoms with Crippen LogP contribution in [0.5, 0.6) is 0 Å². The first-order valence-electron chi connectivity index (χ1n) is 19.2. The molecule has 2 nitrogen and oxygen atoms in total. The van der Waals surface area contributed by atoms with Gasteiger partial charge in [-0.25, -0.2) is 0 Å².